The Balaban J connectivity index is 2.00. The maximum absolute atomic E-state index is 11.6. The molecule has 3 fully saturated rings. The third-order valence-corrected chi connectivity index (χ3v) is 4.30. The standard InChI is InChI=1S/C11H16O3/c1-10(2)5-6-4-7-8(12)13-9(10)14-11(6,7)3/h6-7,9H,4-5H2,1-3H3/t6-,7?,9-,11+/m0/s1. The number of carbonyl (C=O) groups excluding carboxylic acids is 1. The number of ether oxygens (including phenoxy) is 2. The zero-order valence-electron chi connectivity index (χ0n) is 8.87. The van der Waals surface area contributed by atoms with E-state index in [0.717, 1.165) is 12.8 Å². The van der Waals surface area contributed by atoms with Crippen molar-refractivity contribution in [1.29, 1.82) is 0 Å². The Bertz CT molecular complexity index is 310. The van der Waals surface area contributed by atoms with Gasteiger partial charge in [-0.25, -0.2) is 0 Å². The fraction of sp³-hybridized carbons (Fsp3) is 0.909. The van der Waals surface area contributed by atoms with Crippen LogP contribution in [-0.2, 0) is 14.3 Å². The summed E-state index contributed by atoms with van der Waals surface area (Å²) >= 11 is 0. The van der Waals surface area contributed by atoms with E-state index >= 15 is 0 Å². The first-order valence-corrected chi connectivity index (χ1v) is 5.32. The van der Waals surface area contributed by atoms with Crippen LogP contribution in [0.15, 0.2) is 0 Å². The Morgan fingerprint density at radius 2 is 2.07 bits per heavy atom. The molecular weight excluding hydrogens is 180 g/mol. The molecule has 0 amide bonds. The van der Waals surface area contributed by atoms with Gasteiger partial charge in [-0.05, 0) is 25.7 Å². The molecule has 0 aromatic carbocycles. The fourth-order valence-electron chi connectivity index (χ4n) is 3.16. The van der Waals surface area contributed by atoms with Gasteiger partial charge in [0.2, 0.25) is 6.29 Å². The first-order valence-electron chi connectivity index (χ1n) is 5.32. The van der Waals surface area contributed by atoms with Crippen molar-refractivity contribution in [3.05, 3.63) is 0 Å². The monoisotopic (exact) mass is 196 g/mol. The minimum atomic E-state index is -0.326. The molecule has 3 heteroatoms. The Labute approximate surface area is 83.8 Å². The third kappa shape index (κ3) is 0.800. The molecule has 78 valence electrons. The molecule has 3 nitrogen and oxygen atoms in total. The molecule has 0 N–H and O–H groups in total. The second-order valence-corrected chi connectivity index (χ2v) is 5.75. The number of hydrogen-bond acceptors (Lipinski definition) is 3. The van der Waals surface area contributed by atoms with Crippen LogP contribution >= 0.6 is 0 Å². The van der Waals surface area contributed by atoms with Gasteiger partial charge in [0.25, 0.3) is 0 Å². The van der Waals surface area contributed by atoms with E-state index in [9.17, 15) is 4.79 Å². The van der Waals surface area contributed by atoms with Gasteiger partial charge in [0.1, 0.15) is 0 Å². The van der Waals surface area contributed by atoms with Crippen LogP contribution in [0.1, 0.15) is 33.6 Å². The van der Waals surface area contributed by atoms with Gasteiger partial charge in [-0.3, -0.25) is 4.79 Å². The lowest BCUT2D eigenvalue weighted by molar-refractivity contribution is -0.362. The number of rotatable bonds is 0. The largest absolute Gasteiger partial charge is 0.435 e. The highest BCUT2D eigenvalue weighted by molar-refractivity contribution is 5.76. The lowest BCUT2D eigenvalue weighted by atomic mass is 9.54. The molecule has 2 aliphatic heterocycles. The van der Waals surface area contributed by atoms with Crippen molar-refractivity contribution >= 4 is 5.97 Å². The van der Waals surface area contributed by atoms with E-state index in [1.807, 2.05) is 0 Å². The highest BCUT2D eigenvalue weighted by atomic mass is 16.7. The van der Waals surface area contributed by atoms with E-state index in [2.05, 4.69) is 20.8 Å². The quantitative estimate of drug-likeness (QED) is 0.553. The molecule has 2 bridgehead atoms. The second kappa shape index (κ2) is 2.16. The summed E-state index contributed by atoms with van der Waals surface area (Å²) in [5.74, 6) is 0.499. The smallest absolute Gasteiger partial charge is 0.314 e. The highest BCUT2D eigenvalue weighted by Gasteiger charge is 2.66. The first-order chi connectivity index (χ1) is 6.43. The minimum Gasteiger partial charge on any atom is -0.435 e. The van der Waals surface area contributed by atoms with Gasteiger partial charge in [0.05, 0.1) is 11.5 Å². The molecule has 3 aliphatic rings. The molecular formula is C11H16O3. The Kier molecular flexibility index (Phi) is 1.34. The van der Waals surface area contributed by atoms with Crippen molar-refractivity contribution < 1.29 is 14.3 Å². The van der Waals surface area contributed by atoms with Crippen molar-refractivity contribution in [2.24, 2.45) is 17.3 Å². The summed E-state index contributed by atoms with van der Waals surface area (Å²) in [4.78, 5) is 11.6. The van der Waals surface area contributed by atoms with Crippen molar-refractivity contribution in [2.75, 3.05) is 0 Å². The van der Waals surface area contributed by atoms with Gasteiger partial charge in [-0.15, -0.1) is 0 Å². The van der Waals surface area contributed by atoms with E-state index < -0.39 is 0 Å². The Morgan fingerprint density at radius 3 is 2.79 bits per heavy atom. The first kappa shape index (κ1) is 8.72. The summed E-state index contributed by atoms with van der Waals surface area (Å²) in [5.41, 5.74) is -0.235. The second-order valence-electron chi connectivity index (χ2n) is 5.75. The van der Waals surface area contributed by atoms with Crippen molar-refractivity contribution in [3.63, 3.8) is 0 Å². The molecule has 1 unspecified atom stereocenters. The van der Waals surface area contributed by atoms with Crippen molar-refractivity contribution in [1.82, 2.24) is 0 Å². The van der Waals surface area contributed by atoms with Crippen LogP contribution in [0.4, 0.5) is 0 Å². The normalized spacial score (nSPS) is 53.4. The predicted molar refractivity (Wildman–Crippen MR) is 49.4 cm³/mol. The maximum atomic E-state index is 11.6. The molecule has 1 aliphatic carbocycles. The molecule has 0 radical (unpaired) electrons. The molecule has 3 rings (SSSR count). The van der Waals surface area contributed by atoms with E-state index in [1.165, 1.54) is 0 Å². The molecule has 0 spiro atoms. The van der Waals surface area contributed by atoms with Crippen LogP contribution in [0.25, 0.3) is 0 Å². The predicted octanol–water partition coefficient (Wildman–Crippen LogP) is 1.71. The van der Waals surface area contributed by atoms with Crippen LogP contribution in [0.3, 0.4) is 0 Å². The fourth-order valence-corrected chi connectivity index (χ4v) is 3.16. The molecule has 2 heterocycles. The lowest BCUT2D eigenvalue weighted by Gasteiger charge is -2.63. The van der Waals surface area contributed by atoms with Crippen LogP contribution in [0, 0.1) is 17.3 Å². The SMILES string of the molecule is CC1(C)C[C@@H]2CC3C(=O)O[C@H]1O[C@@]32C. The van der Waals surface area contributed by atoms with Crippen molar-refractivity contribution in [3.8, 4) is 0 Å². The summed E-state index contributed by atoms with van der Waals surface area (Å²) in [6.45, 7) is 6.29. The molecule has 2 saturated heterocycles. The van der Waals surface area contributed by atoms with E-state index in [-0.39, 0.29) is 29.2 Å². The number of fused-ring (bicyclic) bond motifs is 1. The molecule has 0 aromatic heterocycles. The van der Waals surface area contributed by atoms with Gasteiger partial charge in [0, 0.05) is 5.41 Å². The van der Waals surface area contributed by atoms with Gasteiger partial charge in [-0.2, -0.15) is 0 Å². The molecule has 14 heavy (non-hydrogen) atoms. The highest BCUT2D eigenvalue weighted by Crippen LogP contribution is 2.60. The van der Waals surface area contributed by atoms with Crippen LogP contribution in [-0.4, -0.2) is 17.9 Å². The van der Waals surface area contributed by atoms with Crippen molar-refractivity contribution in [2.45, 2.75) is 45.5 Å². The number of carbonyl (C=O) groups is 1. The van der Waals surface area contributed by atoms with E-state index in [0.29, 0.717) is 5.92 Å². The van der Waals surface area contributed by atoms with Gasteiger partial charge in [-0.1, -0.05) is 13.8 Å². The average Bonchev–Trinajstić information content (AvgIpc) is 2.06. The Morgan fingerprint density at radius 1 is 1.36 bits per heavy atom. The number of esters is 1. The van der Waals surface area contributed by atoms with Gasteiger partial charge < -0.3 is 9.47 Å². The van der Waals surface area contributed by atoms with E-state index in [4.69, 9.17) is 9.47 Å². The number of hydrogen-bond donors (Lipinski definition) is 0. The van der Waals surface area contributed by atoms with Crippen LogP contribution in [0.5, 0.6) is 0 Å². The zero-order chi connectivity index (χ0) is 10.1. The summed E-state index contributed by atoms with van der Waals surface area (Å²) in [6, 6.07) is 0. The molecule has 1 saturated carbocycles. The Hall–Kier alpha value is -0.570. The summed E-state index contributed by atoms with van der Waals surface area (Å²) in [5, 5.41) is 0. The molecule has 0 aromatic rings. The zero-order valence-corrected chi connectivity index (χ0v) is 8.87. The van der Waals surface area contributed by atoms with Gasteiger partial charge >= 0.3 is 5.97 Å². The lowest BCUT2D eigenvalue weighted by Crippen LogP contribution is -2.70. The average molecular weight is 196 g/mol. The minimum absolute atomic E-state index is 0.000139. The summed E-state index contributed by atoms with van der Waals surface area (Å²) in [7, 11) is 0. The third-order valence-electron chi connectivity index (χ3n) is 4.30. The van der Waals surface area contributed by atoms with Crippen LogP contribution < -0.4 is 0 Å². The van der Waals surface area contributed by atoms with E-state index in [1.54, 1.807) is 0 Å². The van der Waals surface area contributed by atoms with Gasteiger partial charge in [0.15, 0.2) is 0 Å². The van der Waals surface area contributed by atoms with Crippen LogP contribution in [0.2, 0.25) is 0 Å². The summed E-state index contributed by atoms with van der Waals surface area (Å²) < 4.78 is 11.2. The molecule has 4 atom stereocenters. The maximum Gasteiger partial charge on any atom is 0.314 e. The topological polar surface area (TPSA) is 35.5 Å². The summed E-state index contributed by atoms with van der Waals surface area (Å²) in [6.07, 6.45) is 1.73.